The van der Waals surface area contributed by atoms with E-state index in [4.69, 9.17) is 0 Å². The Kier molecular flexibility index (Phi) is 3.48. The third-order valence-corrected chi connectivity index (χ3v) is 4.22. The van der Waals surface area contributed by atoms with Crippen molar-refractivity contribution in [3.63, 3.8) is 0 Å². The summed E-state index contributed by atoms with van der Waals surface area (Å²) in [7, 11) is 0. The maximum absolute atomic E-state index is 13.1. The quantitative estimate of drug-likeness (QED) is 0.825. The Morgan fingerprint density at radius 2 is 2.16 bits per heavy atom. The lowest BCUT2D eigenvalue weighted by Gasteiger charge is -2.04. The Balaban J connectivity index is 1.60. The highest BCUT2D eigenvalue weighted by Gasteiger charge is 2.19. The molecule has 1 aliphatic rings. The van der Waals surface area contributed by atoms with Crippen LogP contribution >= 0.6 is 11.3 Å². The van der Waals surface area contributed by atoms with Crippen LogP contribution in [-0.2, 0) is 0 Å². The number of rotatable bonds is 5. The summed E-state index contributed by atoms with van der Waals surface area (Å²) >= 11 is 1.32. The van der Waals surface area contributed by atoms with Crippen LogP contribution in [0.1, 0.15) is 22.5 Å². The summed E-state index contributed by atoms with van der Waals surface area (Å²) in [5, 5.41) is 7.12. The minimum absolute atomic E-state index is 0.0841. The molecule has 1 aromatic heterocycles. The Bertz CT molecular complexity index is 607. The van der Waals surface area contributed by atoms with Crippen molar-refractivity contribution in [1.82, 2.24) is 10.6 Å². The fourth-order valence-electron chi connectivity index (χ4n) is 1.94. The van der Waals surface area contributed by atoms with E-state index in [0.717, 1.165) is 16.6 Å². The van der Waals surface area contributed by atoms with E-state index in [-0.39, 0.29) is 11.7 Å². The van der Waals surface area contributed by atoms with Crippen molar-refractivity contribution in [1.29, 1.82) is 0 Å². The number of fused-ring (bicyclic) bond motifs is 1. The van der Waals surface area contributed by atoms with E-state index in [2.05, 4.69) is 10.6 Å². The van der Waals surface area contributed by atoms with Gasteiger partial charge in [0.15, 0.2) is 0 Å². The highest BCUT2D eigenvalue weighted by atomic mass is 32.1. The average Bonchev–Trinajstić information content (AvgIpc) is 3.12. The van der Waals surface area contributed by atoms with Crippen LogP contribution in [0.5, 0.6) is 0 Å². The van der Waals surface area contributed by atoms with Gasteiger partial charge >= 0.3 is 0 Å². The van der Waals surface area contributed by atoms with E-state index in [1.807, 2.05) is 6.07 Å². The first kappa shape index (κ1) is 12.6. The molecule has 0 unspecified atom stereocenters. The van der Waals surface area contributed by atoms with Gasteiger partial charge in [-0.2, -0.15) is 0 Å². The minimum Gasteiger partial charge on any atom is -0.350 e. The maximum atomic E-state index is 13.1. The van der Waals surface area contributed by atoms with Crippen molar-refractivity contribution in [3.8, 4) is 0 Å². The number of carbonyl (C=O) groups is 1. The lowest BCUT2D eigenvalue weighted by molar-refractivity contribution is 0.0958. The molecule has 1 aromatic carbocycles. The molecule has 19 heavy (non-hydrogen) atoms. The van der Waals surface area contributed by atoms with Crippen molar-refractivity contribution in [2.45, 2.75) is 18.9 Å². The second-order valence-corrected chi connectivity index (χ2v) is 5.86. The second kappa shape index (κ2) is 5.27. The molecule has 1 fully saturated rings. The lowest BCUT2D eigenvalue weighted by atomic mass is 10.2. The summed E-state index contributed by atoms with van der Waals surface area (Å²) in [6.07, 6.45) is 2.49. The minimum atomic E-state index is -0.269. The molecule has 3 nitrogen and oxygen atoms in total. The molecule has 1 saturated carbocycles. The molecule has 1 heterocycles. The fourth-order valence-corrected chi connectivity index (χ4v) is 2.95. The van der Waals surface area contributed by atoms with E-state index in [0.29, 0.717) is 17.5 Å². The SMILES string of the molecule is O=C(NCCNC1CC1)c1cc2ccc(F)cc2s1. The first-order chi connectivity index (χ1) is 9.22. The predicted molar refractivity (Wildman–Crippen MR) is 75.1 cm³/mol. The zero-order valence-electron chi connectivity index (χ0n) is 10.4. The number of amides is 1. The van der Waals surface area contributed by atoms with E-state index in [1.165, 1.54) is 36.3 Å². The monoisotopic (exact) mass is 278 g/mol. The van der Waals surface area contributed by atoms with Gasteiger partial charge in [-0.15, -0.1) is 11.3 Å². The molecule has 1 amide bonds. The van der Waals surface area contributed by atoms with Gasteiger partial charge in [-0.25, -0.2) is 4.39 Å². The van der Waals surface area contributed by atoms with Gasteiger partial charge < -0.3 is 10.6 Å². The molecule has 2 N–H and O–H groups in total. The average molecular weight is 278 g/mol. The molecular weight excluding hydrogens is 263 g/mol. The van der Waals surface area contributed by atoms with Gasteiger partial charge in [0.2, 0.25) is 0 Å². The predicted octanol–water partition coefficient (Wildman–Crippen LogP) is 2.52. The first-order valence-electron chi connectivity index (χ1n) is 6.43. The number of nitrogens with one attached hydrogen (secondary N) is 2. The van der Waals surface area contributed by atoms with Crippen LogP contribution < -0.4 is 10.6 Å². The molecular formula is C14H15FN2OS. The fraction of sp³-hybridized carbons (Fsp3) is 0.357. The molecule has 0 bridgehead atoms. The van der Waals surface area contributed by atoms with Crippen molar-refractivity contribution in [2.75, 3.05) is 13.1 Å². The molecule has 0 atom stereocenters. The normalized spacial score (nSPS) is 14.8. The van der Waals surface area contributed by atoms with Crippen molar-refractivity contribution >= 4 is 27.3 Å². The molecule has 0 radical (unpaired) electrons. The highest BCUT2D eigenvalue weighted by molar-refractivity contribution is 7.20. The Morgan fingerprint density at radius 3 is 2.95 bits per heavy atom. The zero-order valence-corrected chi connectivity index (χ0v) is 11.2. The first-order valence-corrected chi connectivity index (χ1v) is 7.25. The summed E-state index contributed by atoms with van der Waals surface area (Å²) < 4.78 is 13.9. The van der Waals surface area contributed by atoms with Gasteiger partial charge in [0, 0.05) is 23.8 Å². The Hall–Kier alpha value is -1.46. The summed E-state index contributed by atoms with van der Waals surface area (Å²) in [6, 6.07) is 7.04. The number of hydrogen-bond donors (Lipinski definition) is 2. The topological polar surface area (TPSA) is 41.1 Å². The Morgan fingerprint density at radius 1 is 1.32 bits per heavy atom. The highest BCUT2D eigenvalue weighted by Crippen LogP contribution is 2.26. The standard InChI is InChI=1S/C14H15FN2OS/c15-10-2-1-9-7-13(19-12(9)8-10)14(18)17-6-5-16-11-3-4-11/h1-2,7-8,11,16H,3-6H2,(H,17,18). The molecule has 100 valence electrons. The molecule has 3 rings (SSSR count). The maximum Gasteiger partial charge on any atom is 0.261 e. The van der Waals surface area contributed by atoms with E-state index in [1.54, 1.807) is 6.07 Å². The van der Waals surface area contributed by atoms with Gasteiger partial charge in [0.05, 0.1) is 4.88 Å². The summed E-state index contributed by atoms with van der Waals surface area (Å²) in [5.41, 5.74) is 0. The number of halogens is 1. The number of thiophene rings is 1. The number of carbonyl (C=O) groups excluding carboxylic acids is 1. The zero-order chi connectivity index (χ0) is 13.2. The van der Waals surface area contributed by atoms with Crippen LogP contribution in [0.15, 0.2) is 24.3 Å². The van der Waals surface area contributed by atoms with E-state index >= 15 is 0 Å². The molecule has 0 saturated heterocycles. The second-order valence-electron chi connectivity index (χ2n) is 4.78. The smallest absolute Gasteiger partial charge is 0.261 e. The number of benzene rings is 1. The van der Waals surface area contributed by atoms with Gasteiger partial charge in [-0.1, -0.05) is 6.07 Å². The Labute approximate surface area is 114 Å². The van der Waals surface area contributed by atoms with Gasteiger partial charge in [0.25, 0.3) is 5.91 Å². The van der Waals surface area contributed by atoms with E-state index < -0.39 is 0 Å². The van der Waals surface area contributed by atoms with Crippen LogP contribution in [0.2, 0.25) is 0 Å². The van der Waals surface area contributed by atoms with E-state index in [9.17, 15) is 9.18 Å². The van der Waals surface area contributed by atoms with Crippen molar-refractivity contribution < 1.29 is 9.18 Å². The van der Waals surface area contributed by atoms with Crippen LogP contribution in [0.25, 0.3) is 10.1 Å². The van der Waals surface area contributed by atoms with Crippen molar-refractivity contribution in [3.05, 3.63) is 35.0 Å². The van der Waals surface area contributed by atoms with Crippen LogP contribution in [0.4, 0.5) is 4.39 Å². The molecule has 0 spiro atoms. The van der Waals surface area contributed by atoms with Crippen molar-refractivity contribution in [2.24, 2.45) is 0 Å². The molecule has 1 aliphatic carbocycles. The largest absolute Gasteiger partial charge is 0.350 e. The summed E-state index contributed by atoms with van der Waals surface area (Å²) in [4.78, 5) is 12.6. The van der Waals surface area contributed by atoms with Crippen LogP contribution in [0.3, 0.4) is 0 Å². The third kappa shape index (κ3) is 3.11. The summed E-state index contributed by atoms with van der Waals surface area (Å²) in [5.74, 6) is -0.353. The third-order valence-electron chi connectivity index (χ3n) is 3.13. The molecule has 5 heteroatoms. The van der Waals surface area contributed by atoms with Gasteiger partial charge in [-0.05, 0) is 36.4 Å². The van der Waals surface area contributed by atoms with Gasteiger partial charge in [0.1, 0.15) is 5.82 Å². The van der Waals surface area contributed by atoms with Crippen LogP contribution in [0, 0.1) is 5.82 Å². The van der Waals surface area contributed by atoms with Gasteiger partial charge in [-0.3, -0.25) is 4.79 Å². The van der Waals surface area contributed by atoms with Crippen LogP contribution in [-0.4, -0.2) is 25.0 Å². The molecule has 0 aliphatic heterocycles. The summed E-state index contributed by atoms with van der Waals surface area (Å²) in [6.45, 7) is 1.42. The molecule has 2 aromatic rings. The lowest BCUT2D eigenvalue weighted by Crippen LogP contribution is -2.32. The number of hydrogen-bond acceptors (Lipinski definition) is 3.